The van der Waals surface area contributed by atoms with Crippen molar-refractivity contribution in [2.24, 2.45) is 0 Å². The summed E-state index contributed by atoms with van der Waals surface area (Å²) in [4.78, 5) is 48.3. The second kappa shape index (κ2) is 22.5. The summed E-state index contributed by atoms with van der Waals surface area (Å²) in [6.45, 7) is 1.53. The predicted octanol–water partition coefficient (Wildman–Crippen LogP) is 6.22. The quantitative estimate of drug-likeness (QED) is 0.0242. The minimum absolute atomic E-state index is 0.0882. The Labute approximate surface area is 239 Å². The molecule has 0 N–H and O–H groups in total. The van der Waals surface area contributed by atoms with Crippen LogP contribution in [0.25, 0.3) is 0 Å². The van der Waals surface area contributed by atoms with E-state index >= 15 is 0 Å². The zero-order valence-electron chi connectivity index (χ0n) is 24.4. The molecule has 0 atom stereocenters. The SMILES string of the molecule is COC(=O)C(=O)/C(C(=O)OC)=C(/CCC/C=C\CCCCCCCCCCCOCc1ccccc1)C(=O)OC. The summed E-state index contributed by atoms with van der Waals surface area (Å²) < 4.78 is 19.5. The van der Waals surface area contributed by atoms with Crippen molar-refractivity contribution in [3.05, 3.63) is 59.2 Å². The molecule has 0 saturated heterocycles. The van der Waals surface area contributed by atoms with Crippen molar-refractivity contribution >= 4 is 23.7 Å². The van der Waals surface area contributed by atoms with E-state index in [-0.39, 0.29) is 12.0 Å². The maximum atomic E-state index is 12.3. The molecule has 0 amide bonds. The first-order valence-electron chi connectivity index (χ1n) is 14.2. The lowest BCUT2D eigenvalue weighted by molar-refractivity contribution is -0.152. The number of hydrogen-bond acceptors (Lipinski definition) is 8. The molecule has 0 heterocycles. The monoisotopic (exact) mass is 558 g/mol. The van der Waals surface area contributed by atoms with Gasteiger partial charge in [-0.05, 0) is 44.1 Å². The van der Waals surface area contributed by atoms with Gasteiger partial charge >= 0.3 is 17.9 Å². The number of carbonyl (C=O) groups excluding carboxylic acids is 4. The molecule has 8 nitrogen and oxygen atoms in total. The van der Waals surface area contributed by atoms with Gasteiger partial charge in [0.05, 0.1) is 33.5 Å². The number of rotatable bonds is 22. The van der Waals surface area contributed by atoms with Crippen LogP contribution in [0.2, 0.25) is 0 Å². The minimum Gasteiger partial charge on any atom is -0.466 e. The third kappa shape index (κ3) is 14.8. The Kier molecular flexibility index (Phi) is 19.6. The number of unbranched alkanes of at least 4 members (excludes halogenated alkanes) is 10. The zero-order valence-corrected chi connectivity index (χ0v) is 24.4. The third-order valence-electron chi connectivity index (χ3n) is 6.46. The van der Waals surface area contributed by atoms with Gasteiger partial charge in [-0.2, -0.15) is 0 Å². The van der Waals surface area contributed by atoms with Crippen LogP contribution in [0.3, 0.4) is 0 Å². The minimum atomic E-state index is -1.25. The van der Waals surface area contributed by atoms with Crippen LogP contribution in [0.1, 0.15) is 89.0 Å². The Hall–Kier alpha value is -3.26. The maximum Gasteiger partial charge on any atom is 0.379 e. The van der Waals surface area contributed by atoms with Gasteiger partial charge in [-0.3, -0.25) is 4.79 Å². The van der Waals surface area contributed by atoms with Crippen LogP contribution in [-0.2, 0) is 44.7 Å². The Balaban J connectivity index is 2.15. The van der Waals surface area contributed by atoms with Crippen LogP contribution >= 0.6 is 0 Å². The molecule has 40 heavy (non-hydrogen) atoms. The molecule has 0 aromatic heterocycles. The number of ketones is 1. The molecule has 0 aliphatic heterocycles. The predicted molar refractivity (Wildman–Crippen MR) is 153 cm³/mol. The van der Waals surface area contributed by atoms with E-state index < -0.39 is 29.3 Å². The van der Waals surface area contributed by atoms with Crippen LogP contribution in [0, 0.1) is 0 Å². The van der Waals surface area contributed by atoms with E-state index in [0.717, 1.165) is 47.2 Å². The Morgan fingerprint density at radius 1 is 0.625 bits per heavy atom. The molecule has 0 saturated carbocycles. The van der Waals surface area contributed by atoms with E-state index in [2.05, 4.69) is 27.7 Å². The molecule has 0 spiro atoms. The van der Waals surface area contributed by atoms with E-state index in [1.807, 2.05) is 24.3 Å². The second-order valence-electron chi connectivity index (χ2n) is 9.53. The number of carbonyl (C=O) groups is 4. The van der Waals surface area contributed by atoms with E-state index in [4.69, 9.17) is 9.47 Å². The van der Waals surface area contributed by atoms with Crippen molar-refractivity contribution in [1.82, 2.24) is 0 Å². The van der Waals surface area contributed by atoms with Crippen molar-refractivity contribution in [2.75, 3.05) is 27.9 Å². The average Bonchev–Trinajstić information content (AvgIpc) is 2.98. The Morgan fingerprint density at radius 3 is 1.73 bits per heavy atom. The van der Waals surface area contributed by atoms with E-state index in [1.165, 1.54) is 50.5 Å². The summed E-state index contributed by atoms with van der Waals surface area (Å²) in [6.07, 6.45) is 17.4. The van der Waals surface area contributed by atoms with E-state index in [0.29, 0.717) is 19.4 Å². The lowest BCUT2D eigenvalue weighted by atomic mass is 9.98. The van der Waals surface area contributed by atoms with Gasteiger partial charge in [-0.15, -0.1) is 0 Å². The van der Waals surface area contributed by atoms with Crippen molar-refractivity contribution in [2.45, 2.75) is 90.1 Å². The smallest absolute Gasteiger partial charge is 0.379 e. The Bertz CT molecular complexity index is 949. The van der Waals surface area contributed by atoms with Crippen molar-refractivity contribution < 1.29 is 38.1 Å². The molecule has 1 rings (SSSR count). The number of benzene rings is 1. The van der Waals surface area contributed by atoms with E-state index in [9.17, 15) is 19.2 Å². The van der Waals surface area contributed by atoms with Crippen LogP contribution in [0.15, 0.2) is 53.6 Å². The van der Waals surface area contributed by atoms with Crippen molar-refractivity contribution in [3.8, 4) is 0 Å². The normalized spacial score (nSPS) is 11.7. The standard InChI is InChI=1S/C32H46O8/c1-37-30(34)27(28(31(35)38-2)29(33)32(36)39-3)23-19-14-12-10-8-6-4-5-7-9-11-13-15-20-24-40-25-26-21-17-16-18-22-26/h10,12,16-18,21-22H,4-9,11,13-15,19-20,23-25H2,1-3H3/b12-10-,28-27+. The molecule has 0 unspecified atom stereocenters. The molecule has 222 valence electrons. The summed E-state index contributed by atoms with van der Waals surface area (Å²) in [7, 11) is 3.23. The summed E-state index contributed by atoms with van der Waals surface area (Å²) in [5.41, 5.74) is 0.399. The molecule has 1 aromatic rings. The summed E-state index contributed by atoms with van der Waals surface area (Å²) in [5, 5.41) is 0. The number of esters is 3. The van der Waals surface area contributed by atoms with Crippen LogP contribution in [0.4, 0.5) is 0 Å². The van der Waals surface area contributed by atoms with Crippen molar-refractivity contribution in [3.63, 3.8) is 0 Å². The number of methoxy groups -OCH3 is 3. The first-order valence-corrected chi connectivity index (χ1v) is 14.2. The topological polar surface area (TPSA) is 105 Å². The van der Waals surface area contributed by atoms with Crippen LogP contribution in [0.5, 0.6) is 0 Å². The molecule has 0 fully saturated rings. The average molecular weight is 559 g/mol. The van der Waals surface area contributed by atoms with Gasteiger partial charge in [-0.25, -0.2) is 14.4 Å². The molecular formula is C32H46O8. The molecule has 8 heteroatoms. The van der Waals surface area contributed by atoms with Crippen LogP contribution < -0.4 is 0 Å². The first-order chi connectivity index (χ1) is 19.5. The van der Waals surface area contributed by atoms with Crippen molar-refractivity contribution in [1.29, 1.82) is 0 Å². The van der Waals surface area contributed by atoms with Gasteiger partial charge in [0.25, 0.3) is 5.78 Å². The Morgan fingerprint density at radius 2 is 1.15 bits per heavy atom. The molecule has 0 radical (unpaired) electrons. The molecule has 0 bridgehead atoms. The highest BCUT2D eigenvalue weighted by molar-refractivity contribution is 6.47. The lowest BCUT2D eigenvalue weighted by Gasteiger charge is -2.10. The number of Topliss-reactive ketones (excluding diaryl/α,β-unsaturated/α-hetero) is 1. The lowest BCUT2D eigenvalue weighted by Crippen LogP contribution is -2.27. The zero-order chi connectivity index (χ0) is 29.4. The van der Waals surface area contributed by atoms with Gasteiger partial charge in [-0.1, -0.05) is 87.4 Å². The number of allylic oxidation sites excluding steroid dienone is 2. The highest BCUT2D eigenvalue weighted by Gasteiger charge is 2.32. The molecular weight excluding hydrogens is 512 g/mol. The van der Waals surface area contributed by atoms with Gasteiger partial charge in [0.1, 0.15) is 5.57 Å². The highest BCUT2D eigenvalue weighted by Crippen LogP contribution is 2.18. The fourth-order valence-electron chi connectivity index (χ4n) is 4.20. The molecule has 0 aliphatic rings. The number of ether oxygens (including phenoxy) is 4. The highest BCUT2D eigenvalue weighted by atomic mass is 16.5. The first kappa shape index (κ1) is 34.8. The second-order valence-corrected chi connectivity index (χ2v) is 9.53. The maximum absolute atomic E-state index is 12.3. The fourth-order valence-corrected chi connectivity index (χ4v) is 4.20. The summed E-state index contributed by atoms with van der Waals surface area (Å²) in [6, 6.07) is 10.3. The molecule has 0 aliphatic carbocycles. The van der Waals surface area contributed by atoms with Gasteiger partial charge in [0.2, 0.25) is 0 Å². The van der Waals surface area contributed by atoms with Crippen LogP contribution in [-0.4, -0.2) is 51.6 Å². The third-order valence-corrected chi connectivity index (χ3v) is 6.46. The summed E-state index contributed by atoms with van der Waals surface area (Å²) in [5.74, 6) is -4.40. The van der Waals surface area contributed by atoms with E-state index in [1.54, 1.807) is 0 Å². The number of hydrogen-bond donors (Lipinski definition) is 0. The van der Waals surface area contributed by atoms with Gasteiger partial charge < -0.3 is 18.9 Å². The summed E-state index contributed by atoms with van der Waals surface area (Å²) >= 11 is 0. The van der Waals surface area contributed by atoms with Gasteiger partial charge in [0.15, 0.2) is 0 Å². The van der Waals surface area contributed by atoms with Gasteiger partial charge in [0, 0.05) is 6.61 Å². The molecule has 1 aromatic carbocycles. The fraction of sp³-hybridized carbons (Fsp3) is 0.562. The largest absolute Gasteiger partial charge is 0.466 e.